The van der Waals surface area contributed by atoms with Crippen LogP contribution in [0.4, 0.5) is 0 Å². The smallest absolute Gasteiger partial charge is 0.0691 e. The van der Waals surface area contributed by atoms with Gasteiger partial charge in [-0.2, -0.15) is 0 Å². The van der Waals surface area contributed by atoms with Crippen LogP contribution < -0.4 is 0 Å². The normalized spacial score (nSPS) is 11.7. The summed E-state index contributed by atoms with van der Waals surface area (Å²) in [5.41, 5.74) is 5.26. The van der Waals surface area contributed by atoms with Gasteiger partial charge in [0.1, 0.15) is 0 Å². The molecule has 118 valence electrons. The lowest BCUT2D eigenvalue weighted by atomic mass is 9.85. The number of aliphatic hydroxyl groups excluding tert-OH is 3. The van der Waals surface area contributed by atoms with Crippen molar-refractivity contribution in [2.75, 3.05) is 0 Å². The van der Waals surface area contributed by atoms with Crippen LogP contribution in [0.1, 0.15) is 43.0 Å². The summed E-state index contributed by atoms with van der Waals surface area (Å²) in [5.74, 6) is 0. The van der Waals surface area contributed by atoms with Gasteiger partial charge in [0, 0.05) is 0 Å². The monoisotopic (exact) mass is 300 g/mol. The van der Waals surface area contributed by atoms with E-state index in [1.54, 1.807) is 6.07 Å². The van der Waals surface area contributed by atoms with E-state index in [2.05, 4.69) is 32.9 Å². The van der Waals surface area contributed by atoms with Gasteiger partial charge in [0.15, 0.2) is 0 Å². The van der Waals surface area contributed by atoms with E-state index in [4.69, 9.17) is 0 Å². The highest BCUT2D eigenvalue weighted by atomic mass is 16.3. The molecule has 3 nitrogen and oxygen atoms in total. The molecule has 0 aliphatic carbocycles. The molecule has 0 bridgehead atoms. The minimum absolute atomic E-state index is 0.0849. The summed E-state index contributed by atoms with van der Waals surface area (Å²) in [6.45, 7) is 6.10. The number of rotatable bonds is 4. The molecular weight excluding hydrogens is 276 g/mol. The second kappa shape index (κ2) is 6.61. The zero-order valence-electron chi connectivity index (χ0n) is 13.4. The molecule has 22 heavy (non-hydrogen) atoms. The molecule has 3 heteroatoms. The summed E-state index contributed by atoms with van der Waals surface area (Å²) in [5, 5.41) is 28.6. The average Bonchev–Trinajstić information content (AvgIpc) is 2.52. The van der Waals surface area contributed by atoms with Gasteiger partial charge in [-0.05, 0) is 44.9 Å². The van der Waals surface area contributed by atoms with E-state index in [0.29, 0.717) is 11.1 Å². The molecule has 3 N–H and O–H groups in total. The first kappa shape index (κ1) is 16.7. The van der Waals surface area contributed by atoms with E-state index in [1.807, 2.05) is 18.2 Å². The van der Waals surface area contributed by atoms with E-state index >= 15 is 0 Å². The zero-order chi connectivity index (χ0) is 16.3. The summed E-state index contributed by atoms with van der Waals surface area (Å²) >= 11 is 0. The zero-order valence-corrected chi connectivity index (χ0v) is 13.4. The Labute approximate surface area is 131 Å². The van der Waals surface area contributed by atoms with Crippen molar-refractivity contribution in [3.8, 4) is 11.1 Å². The van der Waals surface area contributed by atoms with Gasteiger partial charge in [-0.1, -0.05) is 51.1 Å². The van der Waals surface area contributed by atoms with Crippen molar-refractivity contribution in [3.05, 3.63) is 58.7 Å². The third kappa shape index (κ3) is 3.38. The Bertz CT molecular complexity index is 637. The summed E-state index contributed by atoms with van der Waals surface area (Å²) in [6.07, 6.45) is 0. The first-order valence-electron chi connectivity index (χ1n) is 7.49. The number of benzene rings is 2. The lowest BCUT2D eigenvalue weighted by molar-refractivity contribution is 0.258. The van der Waals surface area contributed by atoms with Crippen LogP contribution in [0.15, 0.2) is 36.4 Å². The largest absolute Gasteiger partial charge is 0.392 e. The Kier molecular flexibility index (Phi) is 5.01. The first-order chi connectivity index (χ1) is 10.4. The van der Waals surface area contributed by atoms with Crippen molar-refractivity contribution in [1.29, 1.82) is 0 Å². The fraction of sp³-hybridized carbons (Fsp3) is 0.368. The standard InChI is InChI=1S/C19H24O3/c1-19(2,3)16-6-4-14(5-7-16)17-9-13(10-20)8-15(11-21)18(17)12-22/h4-9,20-22H,10-12H2,1-3H3. The van der Waals surface area contributed by atoms with Gasteiger partial charge >= 0.3 is 0 Å². The molecule has 0 saturated carbocycles. The highest BCUT2D eigenvalue weighted by Crippen LogP contribution is 2.31. The molecule has 0 aliphatic heterocycles. The van der Waals surface area contributed by atoms with Gasteiger partial charge < -0.3 is 15.3 Å². The number of aliphatic hydroxyl groups is 3. The number of hydrogen-bond donors (Lipinski definition) is 3. The molecule has 0 saturated heterocycles. The van der Waals surface area contributed by atoms with Crippen LogP contribution in [0.2, 0.25) is 0 Å². The molecule has 0 aromatic heterocycles. The SMILES string of the molecule is CC(C)(C)c1ccc(-c2cc(CO)cc(CO)c2CO)cc1. The quantitative estimate of drug-likeness (QED) is 0.813. The topological polar surface area (TPSA) is 60.7 Å². The fourth-order valence-corrected chi connectivity index (χ4v) is 2.62. The Balaban J connectivity index is 2.55. The Morgan fingerprint density at radius 1 is 0.818 bits per heavy atom. The predicted octanol–water partition coefficient (Wildman–Crippen LogP) is 3.13. The van der Waals surface area contributed by atoms with Gasteiger partial charge in [0.05, 0.1) is 19.8 Å². The van der Waals surface area contributed by atoms with Crippen LogP contribution >= 0.6 is 0 Å². The van der Waals surface area contributed by atoms with Gasteiger partial charge in [0.25, 0.3) is 0 Å². The summed E-state index contributed by atoms with van der Waals surface area (Å²) in [6, 6.07) is 11.8. The van der Waals surface area contributed by atoms with E-state index in [9.17, 15) is 15.3 Å². The Hall–Kier alpha value is -1.68. The van der Waals surface area contributed by atoms with Gasteiger partial charge in [-0.15, -0.1) is 0 Å². The molecule has 0 heterocycles. The van der Waals surface area contributed by atoms with Crippen LogP contribution in [-0.2, 0) is 25.2 Å². The molecule has 2 aromatic rings. The lowest BCUT2D eigenvalue weighted by Gasteiger charge is -2.20. The number of hydrogen-bond acceptors (Lipinski definition) is 3. The van der Waals surface area contributed by atoms with E-state index in [-0.39, 0.29) is 25.2 Å². The highest BCUT2D eigenvalue weighted by molar-refractivity contribution is 5.70. The maximum atomic E-state index is 9.67. The predicted molar refractivity (Wildman–Crippen MR) is 88.3 cm³/mol. The van der Waals surface area contributed by atoms with Crippen molar-refractivity contribution >= 4 is 0 Å². The van der Waals surface area contributed by atoms with Crippen LogP contribution in [0.5, 0.6) is 0 Å². The highest BCUT2D eigenvalue weighted by Gasteiger charge is 2.15. The Morgan fingerprint density at radius 2 is 1.45 bits per heavy atom. The van der Waals surface area contributed by atoms with E-state index in [0.717, 1.165) is 16.7 Å². The molecule has 0 unspecified atom stereocenters. The summed E-state index contributed by atoms with van der Waals surface area (Å²) < 4.78 is 0. The minimum atomic E-state index is -0.156. The molecule has 0 aliphatic rings. The molecule has 2 rings (SSSR count). The molecule has 0 amide bonds. The molecule has 0 atom stereocenters. The van der Waals surface area contributed by atoms with Crippen molar-refractivity contribution in [2.24, 2.45) is 0 Å². The van der Waals surface area contributed by atoms with Crippen LogP contribution in [0.3, 0.4) is 0 Å². The van der Waals surface area contributed by atoms with Crippen molar-refractivity contribution in [3.63, 3.8) is 0 Å². The van der Waals surface area contributed by atoms with Crippen LogP contribution in [-0.4, -0.2) is 15.3 Å². The van der Waals surface area contributed by atoms with Crippen molar-refractivity contribution < 1.29 is 15.3 Å². The third-order valence-corrected chi connectivity index (χ3v) is 3.98. The molecular formula is C19H24O3. The van der Waals surface area contributed by atoms with Gasteiger partial charge in [-0.25, -0.2) is 0 Å². The van der Waals surface area contributed by atoms with Crippen LogP contribution in [0.25, 0.3) is 11.1 Å². The van der Waals surface area contributed by atoms with E-state index < -0.39 is 0 Å². The second-order valence-corrected chi connectivity index (χ2v) is 6.58. The Morgan fingerprint density at radius 3 is 1.91 bits per heavy atom. The lowest BCUT2D eigenvalue weighted by Crippen LogP contribution is -2.10. The molecule has 0 spiro atoms. The van der Waals surface area contributed by atoms with Crippen LogP contribution in [0, 0.1) is 0 Å². The maximum Gasteiger partial charge on any atom is 0.0691 e. The maximum absolute atomic E-state index is 9.67. The van der Waals surface area contributed by atoms with Crippen molar-refractivity contribution in [1.82, 2.24) is 0 Å². The fourth-order valence-electron chi connectivity index (χ4n) is 2.62. The first-order valence-corrected chi connectivity index (χ1v) is 7.49. The molecule has 0 radical (unpaired) electrons. The summed E-state index contributed by atoms with van der Waals surface area (Å²) in [7, 11) is 0. The van der Waals surface area contributed by atoms with Crippen molar-refractivity contribution in [2.45, 2.75) is 46.0 Å². The second-order valence-electron chi connectivity index (χ2n) is 6.58. The summed E-state index contributed by atoms with van der Waals surface area (Å²) in [4.78, 5) is 0. The van der Waals surface area contributed by atoms with Gasteiger partial charge in [-0.3, -0.25) is 0 Å². The van der Waals surface area contributed by atoms with Gasteiger partial charge in [0.2, 0.25) is 0 Å². The average molecular weight is 300 g/mol. The minimum Gasteiger partial charge on any atom is -0.392 e. The third-order valence-electron chi connectivity index (χ3n) is 3.98. The molecule has 2 aromatic carbocycles. The van der Waals surface area contributed by atoms with E-state index in [1.165, 1.54) is 5.56 Å². The molecule has 0 fully saturated rings.